The van der Waals surface area contributed by atoms with E-state index < -0.39 is 6.04 Å². The van der Waals surface area contributed by atoms with Crippen LogP contribution < -0.4 is 10.9 Å². The molecule has 0 spiro atoms. The maximum Gasteiger partial charge on any atom is 0.322 e. The lowest BCUT2D eigenvalue weighted by molar-refractivity contribution is 0.178. The van der Waals surface area contributed by atoms with Gasteiger partial charge in [0.2, 0.25) is 0 Å². The van der Waals surface area contributed by atoms with Crippen LogP contribution in [-0.2, 0) is 13.1 Å². The maximum atomic E-state index is 13.6. The summed E-state index contributed by atoms with van der Waals surface area (Å²) in [4.78, 5) is 33.2. The molecule has 1 N–H and O–H groups in total. The van der Waals surface area contributed by atoms with Gasteiger partial charge < -0.3 is 14.6 Å². The minimum atomic E-state index is -0.537. The fourth-order valence-electron chi connectivity index (χ4n) is 4.12. The van der Waals surface area contributed by atoms with E-state index in [1.807, 2.05) is 52.0 Å². The summed E-state index contributed by atoms with van der Waals surface area (Å²) in [6, 6.07) is 13.6. The lowest BCUT2D eigenvalue weighted by Crippen LogP contribution is -2.39. The van der Waals surface area contributed by atoms with Crippen molar-refractivity contribution in [3.05, 3.63) is 92.9 Å². The third-order valence-electron chi connectivity index (χ3n) is 5.98. The van der Waals surface area contributed by atoms with E-state index in [2.05, 4.69) is 5.32 Å². The molecule has 8 heteroatoms. The van der Waals surface area contributed by atoms with Gasteiger partial charge in [-0.25, -0.2) is 9.78 Å². The van der Waals surface area contributed by atoms with Crippen LogP contribution in [0.2, 0.25) is 5.02 Å². The topological polar surface area (TPSA) is 80.4 Å². The molecule has 0 aliphatic carbocycles. The summed E-state index contributed by atoms with van der Waals surface area (Å²) in [5, 5.41) is 4.03. The molecule has 7 nitrogen and oxygen atoms in total. The molecule has 0 saturated carbocycles. The van der Waals surface area contributed by atoms with E-state index in [-0.39, 0.29) is 18.1 Å². The van der Waals surface area contributed by atoms with Crippen molar-refractivity contribution < 1.29 is 9.21 Å². The van der Waals surface area contributed by atoms with Crippen LogP contribution in [0, 0.1) is 13.8 Å². The zero-order valence-electron chi connectivity index (χ0n) is 19.6. The number of fused-ring (bicyclic) bond motifs is 1. The molecule has 2 amide bonds. The molecule has 2 aromatic heterocycles. The fraction of sp³-hybridized carbons (Fsp3) is 0.269. The average molecular weight is 479 g/mol. The Morgan fingerprint density at radius 2 is 1.91 bits per heavy atom. The molecule has 4 rings (SSSR count). The number of halogens is 1. The van der Waals surface area contributed by atoms with Gasteiger partial charge in [-0.1, -0.05) is 29.8 Å². The first kappa shape index (κ1) is 23.6. The summed E-state index contributed by atoms with van der Waals surface area (Å²) >= 11 is 6.17. The van der Waals surface area contributed by atoms with Gasteiger partial charge in [0.1, 0.15) is 11.6 Å². The number of nitrogens with one attached hydrogen (secondary N) is 1. The minimum Gasteiger partial charge on any atom is -0.467 e. The van der Waals surface area contributed by atoms with Crippen LogP contribution in [0.5, 0.6) is 0 Å². The van der Waals surface area contributed by atoms with Crippen LogP contribution in [0.25, 0.3) is 10.9 Å². The van der Waals surface area contributed by atoms with Gasteiger partial charge in [0.15, 0.2) is 0 Å². The largest absolute Gasteiger partial charge is 0.467 e. The van der Waals surface area contributed by atoms with Crippen LogP contribution in [0.15, 0.2) is 64.0 Å². The second-order valence-corrected chi connectivity index (χ2v) is 8.70. The predicted molar refractivity (Wildman–Crippen MR) is 134 cm³/mol. The molecule has 2 heterocycles. The molecular formula is C26H27ClN4O3. The lowest BCUT2D eigenvalue weighted by atomic mass is 10.1. The van der Waals surface area contributed by atoms with E-state index in [9.17, 15) is 9.59 Å². The van der Waals surface area contributed by atoms with E-state index in [1.165, 1.54) is 0 Å². The van der Waals surface area contributed by atoms with Crippen LogP contribution >= 0.6 is 11.6 Å². The van der Waals surface area contributed by atoms with Crippen LogP contribution in [0.3, 0.4) is 0 Å². The van der Waals surface area contributed by atoms with Crippen molar-refractivity contribution in [3.63, 3.8) is 0 Å². The van der Waals surface area contributed by atoms with Crippen molar-refractivity contribution in [1.82, 2.24) is 14.5 Å². The molecule has 4 aromatic rings. The third-order valence-corrected chi connectivity index (χ3v) is 6.22. The number of urea groups is 1. The molecule has 2 aromatic carbocycles. The van der Waals surface area contributed by atoms with Crippen molar-refractivity contribution >= 4 is 34.2 Å². The van der Waals surface area contributed by atoms with Crippen molar-refractivity contribution in [1.29, 1.82) is 0 Å². The molecule has 0 saturated heterocycles. The van der Waals surface area contributed by atoms with E-state index in [4.69, 9.17) is 21.0 Å². The van der Waals surface area contributed by atoms with Crippen LogP contribution in [-0.4, -0.2) is 20.5 Å². The number of rotatable bonds is 6. The van der Waals surface area contributed by atoms with E-state index in [0.29, 0.717) is 34.1 Å². The molecule has 0 aliphatic rings. The number of carbonyl (C=O) groups excluding carboxylic acids is 1. The molecule has 0 fully saturated rings. The Balaban J connectivity index is 1.79. The first-order valence-electron chi connectivity index (χ1n) is 11.2. The van der Waals surface area contributed by atoms with Crippen molar-refractivity contribution in [2.45, 2.75) is 46.8 Å². The molecule has 1 unspecified atom stereocenters. The predicted octanol–water partition coefficient (Wildman–Crippen LogP) is 6.07. The van der Waals surface area contributed by atoms with Gasteiger partial charge >= 0.3 is 6.03 Å². The van der Waals surface area contributed by atoms with Gasteiger partial charge in [-0.05, 0) is 69.2 Å². The Bertz CT molecular complexity index is 1380. The number of aryl methyl sites for hydroxylation is 2. The molecular weight excluding hydrogens is 452 g/mol. The number of hydrogen-bond acceptors (Lipinski definition) is 4. The van der Waals surface area contributed by atoms with Gasteiger partial charge in [-0.2, -0.15) is 0 Å². The normalized spacial score (nSPS) is 12.0. The number of amides is 2. The lowest BCUT2D eigenvalue weighted by Gasteiger charge is -2.30. The second-order valence-electron chi connectivity index (χ2n) is 8.26. The van der Waals surface area contributed by atoms with Gasteiger partial charge in [0.05, 0.1) is 29.8 Å². The highest BCUT2D eigenvalue weighted by Gasteiger charge is 2.27. The van der Waals surface area contributed by atoms with Crippen molar-refractivity contribution in [2.24, 2.45) is 0 Å². The number of para-hydroxylation sites is 1. The highest BCUT2D eigenvalue weighted by Crippen LogP contribution is 2.26. The molecule has 176 valence electrons. The zero-order chi connectivity index (χ0) is 24.4. The Morgan fingerprint density at radius 1 is 1.18 bits per heavy atom. The number of aromatic nitrogens is 2. The molecule has 0 radical (unpaired) electrons. The smallest absolute Gasteiger partial charge is 0.322 e. The molecule has 1 atom stereocenters. The molecule has 0 aliphatic heterocycles. The van der Waals surface area contributed by atoms with E-state index in [1.54, 1.807) is 40.0 Å². The summed E-state index contributed by atoms with van der Waals surface area (Å²) in [5.41, 5.74) is 3.01. The van der Waals surface area contributed by atoms with Gasteiger partial charge in [0, 0.05) is 17.3 Å². The van der Waals surface area contributed by atoms with Crippen molar-refractivity contribution in [2.75, 3.05) is 5.32 Å². The highest BCUT2D eigenvalue weighted by atomic mass is 35.5. The number of benzene rings is 2. The summed E-state index contributed by atoms with van der Waals surface area (Å²) in [6.45, 7) is 8.26. The number of furan rings is 1. The zero-order valence-corrected chi connectivity index (χ0v) is 20.4. The summed E-state index contributed by atoms with van der Waals surface area (Å²) < 4.78 is 7.14. The number of nitrogens with zero attached hydrogens (tertiary/aromatic N) is 3. The number of anilines is 1. The quantitative estimate of drug-likeness (QED) is 0.364. The summed E-state index contributed by atoms with van der Waals surface area (Å²) in [6.07, 6.45) is 1.57. The van der Waals surface area contributed by atoms with Crippen LogP contribution in [0.1, 0.15) is 42.6 Å². The van der Waals surface area contributed by atoms with Gasteiger partial charge in [-0.15, -0.1) is 0 Å². The van der Waals surface area contributed by atoms with E-state index >= 15 is 0 Å². The number of carbonyl (C=O) groups is 1. The minimum absolute atomic E-state index is 0.167. The Kier molecular flexibility index (Phi) is 6.75. The maximum absolute atomic E-state index is 13.6. The van der Waals surface area contributed by atoms with Crippen LogP contribution in [0.4, 0.5) is 10.5 Å². The standard InChI is InChI=1S/C26H27ClN4O3/c1-5-30-24(28-22-14-19(27)11-12-21(22)25(30)32)18(4)31(15-20-10-7-13-34-20)26(33)29-23-16(2)8-6-9-17(23)3/h6-14,18H,5,15H2,1-4H3,(H,29,33). The molecule has 34 heavy (non-hydrogen) atoms. The first-order chi connectivity index (χ1) is 16.3. The van der Waals surface area contributed by atoms with Gasteiger partial charge in [0.25, 0.3) is 5.56 Å². The fourth-order valence-corrected chi connectivity index (χ4v) is 4.29. The Labute approximate surface area is 203 Å². The highest BCUT2D eigenvalue weighted by molar-refractivity contribution is 6.31. The van der Waals surface area contributed by atoms with E-state index in [0.717, 1.165) is 16.8 Å². The molecule has 0 bridgehead atoms. The monoisotopic (exact) mass is 478 g/mol. The first-order valence-corrected chi connectivity index (χ1v) is 11.5. The second kappa shape index (κ2) is 9.73. The van der Waals surface area contributed by atoms with Crippen molar-refractivity contribution in [3.8, 4) is 0 Å². The SMILES string of the molecule is CCn1c(C(C)N(Cc2ccco2)C(=O)Nc2c(C)cccc2C)nc2cc(Cl)ccc2c1=O. The van der Waals surface area contributed by atoms with Gasteiger partial charge in [-0.3, -0.25) is 9.36 Å². The summed E-state index contributed by atoms with van der Waals surface area (Å²) in [5.74, 6) is 1.10. The summed E-state index contributed by atoms with van der Waals surface area (Å²) in [7, 11) is 0. The number of hydrogen-bond donors (Lipinski definition) is 1. The average Bonchev–Trinajstić information content (AvgIpc) is 3.32. The Hall–Kier alpha value is -3.58. The third kappa shape index (κ3) is 4.56. The Morgan fingerprint density at radius 3 is 2.56 bits per heavy atom.